The average Bonchev–Trinajstić information content (AvgIpc) is 3.24. The maximum atomic E-state index is 12.8. The zero-order chi connectivity index (χ0) is 24.5. The first-order valence-electron chi connectivity index (χ1n) is 11.7. The Hall–Kier alpha value is -1.26. The Balaban J connectivity index is 2.00. The van der Waals surface area contributed by atoms with Crippen LogP contribution in [-0.4, -0.2) is 11.6 Å². The van der Waals surface area contributed by atoms with E-state index in [1.807, 2.05) is 12.1 Å². The van der Waals surface area contributed by atoms with Crippen LogP contribution in [0.3, 0.4) is 0 Å². The van der Waals surface area contributed by atoms with Crippen molar-refractivity contribution in [3.05, 3.63) is 43.8 Å². The number of hydrogen-bond donors (Lipinski definition) is 0. The van der Waals surface area contributed by atoms with Crippen LogP contribution in [0.4, 0.5) is 0 Å². The molecule has 32 heavy (non-hydrogen) atoms. The van der Waals surface area contributed by atoms with Crippen molar-refractivity contribution in [1.82, 2.24) is 0 Å². The Labute approximate surface area is 203 Å². The lowest BCUT2D eigenvalue weighted by Gasteiger charge is -2.31. The zero-order valence-electron chi connectivity index (χ0n) is 21.8. The highest BCUT2D eigenvalue weighted by molar-refractivity contribution is 7.14. The highest BCUT2D eigenvalue weighted by Crippen LogP contribution is 2.41. The molecule has 0 aliphatic heterocycles. The molecule has 0 amide bonds. The topological polar surface area (TPSA) is 34.1 Å². The number of thiophene rings is 2. The Morgan fingerprint density at radius 3 is 1.19 bits per heavy atom. The molecular weight excluding hydrogens is 432 g/mol. The minimum atomic E-state index is 0.0322. The van der Waals surface area contributed by atoms with Gasteiger partial charge in [-0.3, -0.25) is 9.59 Å². The van der Waals surface area contributed by atoms with Crippen molar-refractivity contribution < 1.29 is 9.59 Å². The van der Waals surface area contributed by atoms with Crippen molar-refractivity contribution in [2.24, 2.45) is 10.8 Å². The van der Waals surface area contributed by atoms with Crippen molar-refractivity contribution in [1.29, 1.82) is 0 Å². The van der Waals surface area contributed by atoms with Crippen molar-refractivity contribution in [2.45, 2.75) is 106 Å². The van der Waals surface area contributed by atoms with Gasteiger partial charge in [-0.15, -0.1) is 22.7 Å². The summed E-state index contributed by atoms with van der Waals surface area (Å²) in [5, 5.41) is 0. The Bertz CT molecular complexity index is 864. The van der Waals surface area contributed by atoms with Gasteiger partial charge < -0.3 is 0 Å². The second-order valence-electron chi connectivity index (χ2n) is 12.9. The molecule has 0 fully saturated rings. The summed E-state index contributed by atoms with van der Waals surface area (Å²) in [5.41, 5.74) is 0.519. The van der Waals surface area contributed by atoms with Gasteiger partial charge >= 0.3 is 0 Å². The molecule has 0 aliphatic rings. The van der Waals surface area contributed by atoms with E-state index in [0.717, 1.165) is 22.6 Å². The number of rotatable bonds is 9. The molecule has 0 aromatic carbocycles. The monoisotopic (exact) mass is 474 g/mol. The summed E-state index contributed by atoms with van der Waals surface area (Å²) in [6, 6.07) is 8.06. The molecule has 178 valence electrons. The van der Waals surface area contributed by atoms with E-state index in [0.29, 0.717) is 0 Å². The van der Waals surface area contributed by atoms with Gasteiger partial charge in [0.15, 0.2) is 11.6 Å². The van der Waals surface area contributed by atoms with E-state index in [1.165, 1.54) is 9.75 Å². The van der Waals surface area contributed by atoms with Crippen LogP contribution in [0.2, 0.25) is 0 Å². The number of carbonyl (C=O) groups excluding carboxylic acids is 2. The zero-order valence-corrected chi connectivity index (χ0v) is 23.4. The SMILES string of the molecule is CC(C)(C)CC(C)(C)c1ccc(C(=O)CCC(=O)c2ccc(C(C)(C)CC(C)(C)C)s2)s1. The lowest BCUT2D eigenvalue weighted by Crippen LogP contribution is -2.23. The second-order valence-corrected chi connectivity index (χ2v) is 15.1. The number of Topliss-reactive ketones (excluding diaryl/α,β-unsaturated/α-hetero) is 2. The van der Waals surface area contributed by atoms with Gasteiger partial charge in [-0.25, -0.2) is 0 Å². The molecule has 2 nitrogen and oxygen atoms in total. The predicted octanol–water partition coefficient (Wildman–Crippen LogP) is 9.08. The van der Waals surface area contributed by atoms with Gasteiger partial charge in [0.25, 0.3) is 0 Å². The van der Waals surface area contributed by atoms with Crippen molar-refractivity contribution in [3.63, 3.8) is 0 Å². The smallest absolute Gasteiger partial charge is 0.173 e. The van der Waals surface area contributed by atoms with E-state index >= 15 is 0 Å². The third-order valence-electron chi connectivity index (χ3n) is 5.62. The maximum Gasteiger partial charge on any atom is 0.173 e. The number of hydrogen-bond acceptors (Lipinski definition) is 4. The summed E-state index contributed by atoms with van der Waals surface area (Å²) in [6.45, 7) is 22.5. The van der Waals surface area contributed by atoms with Gasteiger partial charge in [-0.05, 0) is 58.8 Å². The highest BCUT2D eigenvalue weighted by Gasteiger charge is 2.30. The molecule has 0 aliphatic carbocycles. The van der Waals surface area contributed by atoms with Gasteiger partial charge in [0.2, 0.25) is 0 Å². The van der Waals surface area contributed by atoms with Gasteiger partial charge in [0.1, 0.15) is 0 Å². The quantitative estimate of drug-likeness (QED) is 0.340. The molecule has 4 heteroatoms. The third kappa shape index (κ3) is 7.66. The van der Waals surface area contributed by atoms with Crippen LogP contribution in [0.15, 0.2) is 24.3 Å². The molecule has 0 unspecified atom stereocenters. The molecule has 0 bridgehead atoms. The molecule has 2 aromatic heterocycles. The van der Waals surface area contributed by atoms with Gasteiger partial charge in [-0.1, -0.05) is 69.2 Å². The normalized spacial score (nSPS) is 13.4. The molecule has 2 heterocycles. The van der Waals surface area contributed by atoms with Crippen LogP contribution in [0, 0.1) is 10.8 Å². The molecular formula is C28H42O2S2. The lowest BCUT2D eigenvalue weighted by atomic mass is 9.75. The van der Waals surface area contributed by atoms with E-state index < -0.39 is 0 Å². The van der Waals surface area contributed by atoms with Crippen LogP contribution in [0.5, 0.6) is 0 Å². The summed E-state index contributed by atoms with van der Waals surface area (Å²) in [5.74, 6) is 0.150. The van der Waals surface area contributed by atoms with Crippen LogP contribution in [0.25, 0.3) is 0 Å². The van der Waals surface area contributed by atoms with Crippen molar-refractivity contribution in [2.75, 3.05) is 0 Å². The number of ketones is 2. The Morgan fingerprint density at radius 1 is 0.594 bits per heavy atom. The second kappa shape index (κ2) is 9.54. The third-order valence-corrected chi connectivity index (χ3v) is 8.60. The summed E-state index contributed by atoms with van der Waals surface area (Å²) in [6.07, 6.45) is 2.66. The van der Waals surface area contributed by atoms with E-state index in [2.05, 4.69) is 81.4 Å². The van der Waals surface area contributed by atoms with Crippen molar-refractivity contribution in [3.8, 4) is 0 Å². The molecule has 2 aromatic rings. The molecule has 2 rings (SSSR count). The number of carbonyl (C=O) groups is 2. The summed E-state index contributed by atoms with van der Waals surface area (Å²) in [4.78, 5) is 29.6. The molecule has 0 spiro atoms. The van der Waals surface area contributed by atoms with E-state index in [-0.39, 0.29) is 46.1 Å². The van der Waals surface area contributed by atoms with Crippen LogP contribution >= 0.6 is 22.7 Å². The van der Waals surface area contributed by atoms with Gasteiger partial charge in [-0.2, -0.15) is 0 Å². The largest absolute Gasteiger partial charge is 0.293 e. The fourth-order valence-corrected chi connectivity index (χ4v) is 7.15. The van der Waals surface area contributed by atoms with Gasteiger partial charge in [0.05, 0.1) is 9.75 Å². The van der Waals surface area contributed by atoms with Gasteiger partial charge in [0, 0.05) is 22.6 Å². The predicted molar refractivity (Wildman–Crippen MR) is 141 cm³/mol. The summed E-state index contributed by atoms with van der Waals surface area (Å²) in [7, 11) is 0. The standard InChI is InChI=1S/C28H42O2S2/c1-25(2,3)17-27(7,8)23-15-13-21(31-23)19(29)11-12-20(30)22-14-16-24(32-22)28(9,10)18-26(4,5)6/h13-16H,11-12,17-18H2,1-10H3. The van der Waals surface area contributed by atoms with E-state index in [9.17, 15) is 9.59 Å². The highest BCUT2D eigenvalue weighted by atomic mass is 32.1. The van der Waals surface area contributed by atoms with Crippen molar-refractivity contribution >= 4 is 34.2 Å². The molecule has 0 saturated carbocycles. The average molecular weight is 475 g/mol. The first kappa shape index (κ1) is 27.0. The fourth-order valence-electron chi connectivity index (χ4n) is 5.00. The molecule has 0 atom stereocenters. The first-order chi connectivity index (χ1) is 14.4. The molecule has 0 radical (unpaired) electrons. The molecule has 0 N–H and O–H groups in total. The van der Waals surface area contributed by atoms with Crippen LogP contribution < -0.4 is 0 Å². The minimum Gasteiger partial charge on any atom is -0.293 e. The summed E-state index contributed by atoms with van der Waals surface area (Å²) < 4.78 is 0. The Morgan fingerprint density at radius 2 is 0.906 bits per heavy atom. The molecule has 0 saturated heterocycles. The van der Waals surface area contributed by atoms with E-state index in [1.54, 1.807) is 22.7 Å². The Kier molecular flexibility index (Phi) is 8.05. The van der Waals surface area contributed by atoms with E-state index in [4.69, 9.17) is 0 Å². The first-order valence-corrected chi connectivity index (χ1v) is 13.3. The maximum absolute atomic E-state index is 12.8. The van der Waals surface area contributed by atoms with Crippen LogP contribution in [0.1, 0.15) is 124 Å². The summed E-state index contributed by atoms with van der Waals surface area (Å²) >= 11 is 3.18. The minimum absolute atomic E-state index is 0.0322. The fraction of sp³-hybridized carbons (Fsp3) is 0.643. The lowest BCUT2D eigenvalue weighted by molar-refractivity contribution is 0.0921. The van der Waals surface area contributed by atoms with Crippen LogP contribution in [-0.2, 0) is 10.8 Å².